The van der Waals surface area contributed by atoms with Crippen molar-refractivity contribution >= 4 is 10.0 Å². The van der Waals surface area contributed by atoms with Crippen molar-refractivity contribution < 1.29 is 17.2 Å². The van der Waals surface area contributed by atoms with Gasteiger partial charge in [-0.1, -0.05) is 0 Å². The quantitative estimate of drug-likeness (QED) is 0.805. The summed E-state index contributed by atoms with van der Waals surface area (Å²) >= 11 is 0. The van der Waals surface area contributed by atoms with Gasteiger partial charge in [-0.2, -0.15) is 23.3 Å². The van der Waals surface area contributed by atoms with Crippen LogP contribution in [0.3, 0.4) is 0 Å². The van der Waals surface area contributed by atoms with E-state index in [0.29, 0.717) is 16.8 Å². The van der Waals surface area contributed by atoms with E-state index < -0.39 is 16.6 Å². The Bertz CT molecular complexity index is 753. The summed E-state index contributed by atoms with van der Waals surface area (Å²) in [5, 5.41) is 7.59. The first-order chi connectivity index (χ1) is 10.3. The molecular weight excluding hydrogens is 316 g/mol. The topological polar surface area (TPSA) is 73.0 Å². The summed E-state index contributed by atoms with van der Waals surface area (Å²) < 4.78 is 53.3. The summed E-state index contributed by atoms with van der Waals surface area (Å²) in [4.78, 5) is -0.224. The van der Waals surface area contributed by atoms with Crippen molar-refractivity contribution in [3.63, 3.8) is 0 Å². The molecule has 0 saturated carbocycles. The van der Waals surface area contributed by atoms with Gasteiger partial charge in [0, 0.05) is 31.9 Å². The molecule has 22 heavy (non-hydrogen) atoms. The third-order valence-corrected chi connectivity index (χ3v) is 5.08. The molecule has 10 heteroatoms. The number of halogens is 2. The lowest BCUT2D eigenvalue weighted by molar-refractivity contribution is 0.0561. The van der Waals surface area contributed by atoms with E-state index in [4.69, 9.17) is 0 Å². The predicted molar refractivity (Wildman–Crippen MR) is 74.8 cm³/mol. The first-order valence-corrected chi connectivity index (χ1v) is 8.01. The van der Waals surface area contributed by atoms with Crippen LogP contribution in [0.4, 0.5) is 8.78 Å². The van der Waals surface area contributed by atoms with Crippen molar-refractivity contribution in [3.8, 4) is 0 Å². The second kappa shape index (κ2) is 6.13. The van der Waals surface area contributed by atoms with Crippen LogP contribution in [0.25, 0.3) is 0 Å². The third kappa shape index (κ3) is 3.17. The molecule has 0 aliphatic rings. The summed E-state index contributed by atoms with van der Waals surface area (Å²) in [6, 6.07) is 0. The minimum absolute atomic E-state index is 0.0383. The minimum atomic E-state index is -3.90. The molecule has 0 aliphatic heterocycles. The fourth-order valence-corrected chi connectivity index (χ4v) is 3.30. The van der Waals surface area contributed by atoms with Crippen molar-refractivity contribution in [2.75, 3.05) is 7.05 Å². The van der Waals surface area contributed by atoms with Crippen LogP contribution in [0.1, 0.15) is 24.7 Å². The van der Waals surface area contributed by atoms with Crippen LogP contribution >= 0.6 is 0 Å². The average molecular weight is 333 g/mol. The number of rotatable bonds is 6. The molecule has 0 saturated heterocycles. The molecule has 2 aromatic rings. The molecule has 0 amide bonds. The van der Waals surface area contributed by atoms with Crippen LogP contribution in [0, 0.1) is 6.92 Å². The Hall–Kier alpha value is -1.81. The van der Waals surface area contributed by atoms with Crippen molar-refractivity contribution in [2.24, 2.45) is 0 Å². The van der Waals surface area contributed by atoms with Gasteiger partial charge in [-0.15, -0.1) is 0 Å². The van der Waals surface area contributed by atoms with E-state index in [1.54, 1.807) is 17.1 Å². The number of aryl methyl sites for hydroxylation is 2. The minimum Gasteiger partial charge on any atom is -0.273 e. The lowest BCUT2D eigenvalue weighted by Crippen LogP contribution is -2.26. The fraction of sp³-hybridized carbons (Fsp3) is 0.500. The zero-order valence-electron chi connectivity index (χ0n) is 12.4. The fourth-order valence-electron chi connectivity index (χ4n) is 1.99. The lowest BCUT2D eigenvalue weighted by atomic mass is 10.4. The van der Waals surface area contributed by atoms with Gasteiger partial charge in [-0.25, -0.2) is 13.1 Å². The van der Waals surface area contributed by atoms with Gasteiger partial charge in [-0.05, 0) is 13.8 Å². The summed E-state index contributed by atoms with van der Waals surface area (Å²) in [6.07, 6.45) is 4.16. The van der Waals surface area contributed by atoms with Crippen LogP contribution in [0.5, 0.6) is 0 Å². The summed E-state index contributed by atoms with van der Waals surface area (Å²) in [5.41, 5.74) is 0.753. The smallest absolute Gasteiger partial charge is 0.273 e. The first-order valence-electron chi connectivity index (χ1n) is 6.57. The molecule has 122 valence electrons. The highest BCUT2D eigenvalue weighted by Crippen LogP contribution is 2.22. The number of hydrogen-bond acceptors (Lipinski definition) is 4. The van der Waals surface area contributed by atoms with Crippen LogP contribution in [0.15, 0.2) is 23.5 Å². The van der Waals surface area contributed by atoms with Gasteiger partial charge in [0.2, 0.25) is 10.0 Å². The third-order valence-electron chi connectivity index (χ3n) is 3.18. The van der Waals surface area contributed by atoms with Gasteiger partial charge >= 0.3 is 6.55 Å². The van der Waals surface area contributed by atoms with E-state index in [-0.39, 0.29) is 17.1 Å². The molecule has 0 aromatic carbocycles. The van der Waals surface area contributed by atoms with Crippen LogP contribution < -0.4 is 0 Å². The summed E-state index contributed by atoms with van der Waals surface area (Å²) in [5.74, 6) is 0. The van der Waals surface area contributed by atoms with Gasteiger partial charge in [0.15, 0.2) is 0 Å². The monoisotopic (exact) mass is 333 g/mol. The van der Waals surface area contributed by atoms with Crippen molar-refractivity contribution in [3.05, 3.63) is 29.8 Å². The molecule has 0 bridgehead atoms. The molecule has 0 radical (unpaired) electrons. The van der Waals surface area contributed by atoms with Crippen LogP contribution in [-0.2, 0) is 23.1 Å². The van der Waals surface area contributed by atoms with Gasteiger partial charge in [0.25, 0.3) is 0 Å². The molecular formula is C12H17F2N5O2S. The standard InChI is InChI=1S/C12H17F2N5O2S/c1-4-18-7-10(5-15-18)6-17(3)22(20,21)11-8-19(12(13)14)16-9(11)2/h5,7-8,12H,4,6H2,1-3H3. The van der Waals surface area contributed by atoms with Gasteiger partial charge < -0.3 is 0 Å². The normalized spacial score (nSPS) is 12.5. The number of hydrogen-bond donors (Lipinski definition) is 0. The molecule has 0 atom stereocenters. The van der Waals surface area contributed by atoms with Crippen molar-refractivity contribution in [2.45, 2.75) is 38.4 Å². The molecule has 0 fully saturated rings. The largest absolute Gasteiger partial charge is 0.333 e. The average Bonchev–Trinajstić information content (AvgIpc) is 3.05. The zero-order chi connectivity index (χ0) is 16.5. The van der Waals surface area contributed by atoms with E-state index in [1.807, 2.05) is 6.92 Å². The van der Waals surface area contributed by atoms with E-state index >= 15 is 0 Å². The molecule has 0 spiro atoms. The molecule has 2 aromatic heterocycles. The van der Waals surface area contributed by atoms with E-state index in [9.17, 15) is 17.2 Å². The Balaban J connectivity index is 2.25. The molecule has 0 aliphatic carbocycles. The number of aromatic nitrogens is 4. The Labute approximate surface area is 127 Å². The highest BCUT2D eigenvalue weighted by molar-refractivity contribution is 7.89. The SMILES string of the molecule is CCn1cc(CN(C)S(=O)(=O)c2cn(C(F)F)nc2C)cn1. The van der Waals surface area contributed by atoms with Crippen LogP contribution in [0.2, 0.25) is 0 Å². The molecule has 0 N–H and O–H groups in total. The number of alkyl halides is 2. The summed E-state index contributed by atoms with van der Waals surface area (Å²) in [6.45, 7) is 1.20. The van der Waals surface area contributed by atoms with Crippen LogP contribution in [-0.4, -0.2) is 39.3 Å². The Morgan fingerprint density at radius 3 is 2.55 bits per heavy atom. The van der Waals surface area contributed by atoms with Crippen molar-refractivity contribution in [1.29, 1.82) is 0 Å². The van der Waals surface area contributed by atoms with Gasteiger partial charge in [-0.3, -0.25) is 4.68 Å². The van der Waals surface area contributed by atoms with Crippen molar-refractivity contribution in [1.82, 2.24) is 23.9 Å². The Kier molecular flexibility index (Phi) is 4.61. The molecule has 2 heterocycles. The Morgan fingerprint density at radius 1 is 1.36 bits per heavy atom. The second-order valence-electron chi connectivity index (χ2n) is 4.80. The molecule has 7 nitrogen and oxygen atoms in total. The maximum atomic E-state index is 12.6. The highest BCUT2D eigenvalue weighted by Gasteiger charge is 2.27. The van der Waals surface area contributed by atoms with Gasteiger partial charge in [0.05, 0.1) is 18.1 Å². The maximum Gasteiger partial charge on any atom is 0.333 e. The lowest BCUT2D eigenvalue weighted by Gasteiger charge is -2.15. The van der Waals surface area contributed by atoms with Gasteiger partial charge in [0.1, 0.15) is 4.90 Å². The number of nitrogens with zero attached hydrogens (tertiary/aromatic N) is 5. The molecule has 0 unspecified atom stereocenters. The van der Waals surface area contributed by atoms with E-state index in [2.05, 4.69) is 10.2 Å². The summed E-state index contributed by atoms with van der Waals surface area (Å²) in [7, 11) is -2.51. The van der Waals surface area contributed by atoms with E-state index in [0.717, 1.165) is 10.5 Å². The maximum absolute atomic E-state index is 12.6. The Morgan fingerprint density at radius 2 is 2.05 bits per heavy atom. The highest BCUT2D eigenvalue weighted by atomic mass is 32.2. The molecule has 2 rings (SSSR count). The predicted octanol–water partition coefficient (Wildman–Crippen LogP) is 1.62. The first kappa shape index (κ1) is 16.6. The zero-order valence-corrected chi connectivity index (χ0v) is 13.3. The number of sulfonamides is 1. The second-order valence-corrected chi connectivity index (χ2v) is 6.82. The van der Waals surface area contributed by atoms with E-state index in [1.165, 1.54) is 14.0 Å².